The van der Waals surface area contributed by atoms with Crippen molar-refractivity contribution in [2.45, 2.75) is 50.7 Å². The number of rotatable bonds is 1. The molecule has 2 saturated heterocycles. The van der Waals surface area contributed by atoms with Crippen molar-refractivity contribution < 1.29 is 9.94 Å². The van der Waals surface area contributed by atoms with E-state index in [4.69, 9.17) is 4.84 Å². The minimum absolute atomic E-state index is 0.139. The summed E-state index contributed by atoms with van der Waals surface area (Å²) < 4.78 is 0. The van der Waals surface area contributed by atoms with Gasteiger partial charge >= 0.3 is 0 Å². The van der Waals surface area contributed by atoms with Crippen LogP contribution in [0.4, 0.5) is 0 Å². The Hall–Kier alpha value is -0.120. The maximum atomic E-state index is 9.19. The van der Waals surface area contributed by atoms with Gasteiger partial charge in [0.15, 0.2) is 0 Å². The van der Waals surface area contributed by atoms with Gasteiger partial charge in [0, 0.05) is 12.6 Å². The van der Waals surface area contributed by atoms with Crippen LogP contribution in [0.2, 0.25) is 0 Å². The Balaban J connectivity index is 2.01. The molecule has 0 radical (unpaired) electrons. The third-order valence-corrected chi connectivity index (χ3v) is 3.16. The van der Waals surface area contributed by atoms with Crippen molar-refractivity contribution in [1.29, 1.82) is 0 Å². The number of hydrogen-bond acceptors (Lipinski definition) is 3. The molecule has 0 bridgehead atoms. The molecule has 3 heteroatoms. The summed E-state index contributed by atoms with van der Waals surface area (Å²) in [7, 11) is 0. The molecule has 2 aliphatic heterocycles. The standard InChI is InChI=1S/C10H19NO2/c1-10(8-12)7-9-5-3-2-4-6-11(9)13-10/h9,12H,2-8H2,1H3/t9-,10+/m1/s1. The van der Waals surface area contributed by atoms with E-state index >= 15 is 0 Å². The topological polar surface area (TPSA) is 32.7 Å². The summed E-state index contributed by atoms with van der Waals surface area (Å²) in [4.78, 5) is 5.77. The molecule has 0 saturated carbocycles. The molecule has 0 aromatic carbocycles. The van der Waals surface area contributed by atoms with Crippen molar-refractivity contribution >= 4 is 0 Å². The summed E-state index contributed by atoms with van der Waals surface area (Å²) in [6, 6.07) is 0.555. The van der Waals surface area contributed by atoms with Crippen molar-refractivity contribution in [3.8, 4) is 0 Å². The van der Waals surface area contributed by atoms with Crippen molar-refractivity contribution in [3.63, 3.8) is 0 Å². The molecule has 3 nitrogen and oxygen atoms in total. The summed E-state index contributed by atoms with van der Waals surface area (Å²) in [5, 5.41) is 11.3. The number of nitrogens with zero attached hydrogens (tertiary/aromatic N) is 1. The van der Waals surface area contributed by atoms with Gasteiger partial charge in [0.2, 0.25) is 0 Å². The molecule has 0 spiro atoms. The second-order valence-electron chi connectivity index (χ2n) is 4.55. The highest BCUT2D eigenvalue weighted by molar-refractivity contribution is 4.88. The average molecular weight is 185 g/mol. The Kier molecular flexibility index (Phi) is 2.58. The summed E-state index contributed by atoms with van der Waals surface area (Å²) >= 11 is 0. The molecule has 0 unspecified atom stereocenters. The van der Waals surface area contributed by atoms with Crippen molar-refractivity contribution in [2.75, 3.05) is 13.2 Å². The van der Waals surface area contributed by atoms with Gasteiger partial charge in [-0.05, 0) is 26.2 Å². The lowest BCUT2D eigenvalue weighted by molar-refractivity contribution is -0.208. The zero-order valence-corrected chi connectivity index (χ0v) is 8.33. The van der Waals surface area contributed by atoms with Gasteiger partial charge in [-0.3, -0.25) is 4.84 Å². The van der Waals surface area contributed by atoms with Gasteiger partial charge in [-0.15, -0.1) is 0 Å². The molecule has 76 valence electrons. The van der Waals surface area contributed by atoms with Gasteiger partial charge in [0.05, 0.1) is 6.61 Å². The van der Waals surface area contributed by atoms with E-state index in [0.29, 0.717) is 6.04 Å². The first-order chi connectivity index (χ1) is 6.23. The van der Waals surface area contributed by atoms with Crippen molar-refractivity contribution in [1.82, 2.24) is 5.06 Å². The van der Waals surface area contributed by atoms with Gasteiger partial charge in [0.25, 0.3) is 0 Å². The number of fused-ring (bicyclic) bond motifs is 1. The monoisotopic (exact) mass is 185 g/mol. The van der Waals surface area contributed by atoms with E-state index in [9.17, 15) is 5.11 Å². The highest BCUT2D eigenvalue weighted by Gasteiger charge is 2.41. The first-order valence-corrected chi connectivity index (χ1v) is 5.30. The van der Waals surface area contributed by atoms with E-state index in [1.807, 2.05) is 6.92 Å². The van der Waals surface area contributed by atoms with Crippen LogP contribution in [-0.2, 0) is 4.84 Å². The molecule has 0 aromatic rings. The normalized spacial score (nSPS) is 41.5. The molecule has 2 fully saturated rings. The van der Waals surface area contributed by atoms with Crippen LogP contribution >= 0.6 is 0 Å². The number of hydroxylamine groups is 2. The van der Waals surface area contributed by atoms with Crippen LogP contribution in [0.1, 0.15) is 39.0 Å². The summed E-state index contributed by atoms with van der Waals surface area (Å²) in [5.41, 5.74) is -0.304. The van der Waals surface area contributed by atoms with Crippen LogP contribution in [0, 0.1) is 0 Å². The van der Waals surface area contributed by atoms with Crippen molar-refractivity contribution in [3.05, 3.63) is 0 Å². The number of aliphatic hydroxyl groups is 1. The van der Waals surface area contributed by atoms with Crippen molar-refractivity contribution in [2.24, 2.45) is 0 Å². The fourth-order valence-electron chi connectivity index (χ4n) is 2.39. The fraction of sp³-hybridized carbons (Fsp3) is 1.00. The fourth-order valence-corrected chi connectivity index (χ4v) is 2.39. The van der Waals surface area contributed by atoms with Crippen LogP contribution in [-0.4, -0.2) is 35.0 Å². The van der Waals surface area contributed by atoms with Crippen LogP contribution in [0.3, 0.4) is 0 Å². The second-order valence-corrected chi connectivity index (χ2v) is 4.55. The Morgan fingerprint density at radius 1 is 1.46 bits per heavy atom. The van der Waals surface area contributed by atoms with E-state index in [2.05, 4.69) is 5.06 Å². The lowest BCUT2D eigenvalue weighted by Gasteiger charge is -2.22. The molecular formula is C10H19NO2. The lowest BCUT2D eigenvalue weighted by atomic mass is 9.97. The molecule has 13 heavy (non-hydrogen) atoms. The number of hydrogen-bond donors (Lipinski definition) is 1. The lowest BCUT2D eigenvalue weighted by Crippen LogP contribution is -2.31. The van der Waals surface area contributed by atoms with E-state index in [0.717, 1.165) is 13.0 Å². The summed E-state index contributed by atoms with van der Waals surface area (Å²) in [6.07, 6.45) is 6.09. The van der Waals surface area contributed by atoms with E-state index in [1.54, 1.807) is 0 Å². The SMILES string of the molecule is C[C@@]1(CO)C[C@H]2CCCCCN2O1. The van der Waals surface area contributed by atoms with Gasteiger partial charge in [0.1, 0.15) is 5.60 Å². The molecule has 0 aliphatic carbocycles. The maximum Gasteiger partial charge on any atom is 0.112 e. The largest absolute Gasteiger partial charge is 0.393 e. The molecule has 2 aliphatic rings. The van der Waals surface area contributed by atoms with Gasteiger partial charge in [-0.25, -0.2) is 0 Å². The maximum absolute atomic E-state index is 9.19. The van der Waals surface area contributed by atoms with Gasteiger partial charge in [-0.2, -0.15) is 5.06 Å². The Labute approximate surface area is 79.6 Å². The predicted molar refractivity (Wildman–Crippen MR) is 50.2 cm³/mol. The Morgan fingerprint density at radius 3 is 3.08 bits per heavy atom. The van der Waals surface area contributed by atoms with Crippen LogP contribution in [0.15, 0.2) is 0 Å². The molecule has 0 aromatic heterocycles. The quantitative estimate of drug-likeness (QED) is 0.668. The average Bonchev–Trinajstić information content (AvgIpc) is 2.29. The Morgan fingerprint density at radius 2 is 2.31 bits per heavy atom. The molecule has 1 N–H and O–H groups in total. The van der Waals surface area contributed by atoms with E-state index in [-0.39, 0.29) is 12.2 Å². The zero-order valence-electron chi connectivity index (χ0n) is 8.33. The van der Waals surface area contributed by atoms with E-state index in [1.165, 1.54) is 25.7 Å². The van der Waals surface area contributed by atoms with Gasteiger partial charge in [-0.1, -0.05) is 12.8 Å². The van der Waals surface area contributed by atoms with Crippen LogP contribution in [0.25, 0.3) is 0 Å². The highest BCUT2D eigenvalue weighted by Crippen LogP contribution is 2.34. The molecule has 0 amide bonds. The first-order valence-electron chi connectivity index (χ1n) is 5.30. The minimum Gasteiger partial charge on any atom is -0.393 e. The number of aliphatic hydroxyl groups excluding tert-OH is 1. The summed E-state index contributed by atoms with van der Waals surface area (Å²) in [6.45, 7) is 3.18. The minimum atomic E-state index is -0.304. The van der Waals surface area contributed by atoms with E-state index < -0.39 is 0 Å². The van der Waals surface area contributed by atoms with Gasteiger partial charge < -0.3 is 5.11 Å². The third-order valence-electron chi connectivity index (χ3n) is 3.16. The second kappa shape index (κ2) is 3.56. The molecular weight excluding hydrogens is 166 g/mol. The smallest absolute Gasteiger partial charge is 0.112 e. The van der Waals surface area contributed by atoms with Crippen LogP contribution < -0.4 is 0 Å². The highest BCUT2D eigenvalue weighted by atomic mass is 16.7. The summed E-state index contributed by atoms with van der Waals surface area (Å²) in [5.74, 6) is 0. The molecule has 2 rings (SSSR count). The molecule has 2 heterocycles. The predicted octanol–water partition coefficient (Wildman–Crippen LogP) is 1.32. The first kappa shape index (κ1) is 9.44. The third kappa shape index (κ3) is 1.87. The molecule has 2 atom stereocenters. The Bertz CT molecular complexity index is 170. The zero-order chi connectivity index (χ0) is 9.31. The van der Waals surface area contributed by atoms with Crippen LogP contribution in [0.5, 0.6) is 0 Å².